The lowest BCUT2D eigenvalue weighted by atomic mass is 9.93. The van der Waals surface area contributed by atoms with Gasteiger partial charge in [0, 0.05) is 38.4 Å². The summed E-state index contributed by atoms with van der Waals surface area (Å²) in [6, 6.07) is 13.4. The number of piperidine rings is 1. The number of carbonyl (C=O) groups excluding carboxylic acids is 1. The second-order valence-electron chi connectivity index (χ2n) is 8.31. The lowest BCUT2D eigenvalue weighted by molar-refractivity contribution is -0.123. The highest BCUT2D eigenvalue weighted by atomic mass is 16.5. The highest BCUT2D eigenvalue weighted by molar-refractivity contribution is 5.95. The molecule has 0 spiro atoms. The summed E-state index contributed by atoms with van der Waals surface area (Å²) < 4.78 is 7.11. The Bertz CT molecular complexity index is 1140. The summed E-state index contributed by atoms with van der Waals surface area (Å²) in [5.74, 6) is 1.62. The Hall–Kier alpha value is -3.86. The van der Waals surface area contributed by atoms with E-state index < -0.39 is 0 Å². The predicted molar refractivity (Wildman–Crippen MR) is 126 cm³/mol. The average Bonchev–Trinajstić information content (AvgIpc) is 3.29. The number of hydrogen-bond donors (Lipinski definition) is 0. The van der Waals surface area contributed by atoms with Crippen molar-refractivity contribution in [2.45, 2.75) is 25.8 Å². The maximum atomic E-state index is 13.8. The van der Waals surface area contributed by atoms with Crippen molar-refractivity contribution in [1.82, 2.24) is 14.8 Å². The smallest absolute Gasteiger partial charge is 0.230 e. The molecular weight excluding hydrogens is 416 g/mol. The maximum absolute atomic E-state index is 13.8. The molecule has 170 valence electrons. The number of aryl methyl sites for hydroxylation is 1. The van der Waals surface area contributed by atoms with E-state index >= 15 is 0 Å². The first-order chi connectivity index (χ1) is 16.0. The van der Waals surface area contributed by atoms with Crippen LogP contribution in [0.4, 0.5) is 11.5 Å². The number of nitrogens with zero attached hydrogens (tertiary/aromatic N) is 6. The topological polar surface area (TPSA) is 87.3 Å². The van der Waals surface area contributed by atoms with Crippen molar-refractivity contribution in [2.24, 2.45) is 13.0 Å². The summed E-state index contributed by atoms with van der Waals surface area (Å²) in [6.07, 6.45) is 6.69. The number of nitriles is 1. The Kier molecular flexibility index (Phi) is 6.59. The fraction of sp³-hybridized carbons (Fsp3) is 0.360. The zero-order valence-corrected chi connectivity index (χ0v) is 19.2. The average molecular weight is 445 g/mol. The third kappa shape index (κ3) is 4.82. The van der Waals surface area contributed by atoms with Gasteiger partial charge in [0.25, 0.3) is 0 Å². The molecule has 0 aliphatic carbocycles. The third-order valence-corrected chi connectivity index (χ3v) is 6.22. The Labute approximate surface area is 194 Å². The number of carbonyl (C=O) groups is 1. The van der Waals surface area contributed by atoms with E-state index in [-0.39, 0.29) is 17.9 Å². The molecule has 1 unspecified atom stereocenters. The molecule has 3 heterocycles. The van der Waals surface area contributed by atoms with Crippen molar-refractivity contribution in [2.75, 3.05) is 30.0 Å². The maximum Gasteiger partial charge on any atom is 0.230 e. The second kappa shape index (κ2) is 9.74. The number of aromatic nitrogens is 3. The van der Waals surface area contributed by atoms with Gasteiger partial charge in [0.15, 0.2) is 0 Å². The van der Waals surface area contributed by atoms with Gasteiger partial charge in [0.2, 0.25) is 5.91 Å². The summed E-state index contributed by atoms with van der Waals surface area (Å²) in [5.41, 5.74) is 2.34. The number of anilines is 2. The predicted octanol–water partition coefficient (Wildman–Crippen LogP) is 3.71. The van der Waals surface area contributed by atoms with Crippen LogP contribution in [0.15, 0.2) is 55.0 Å². The fourth-order valence-corrected chi connectivity index (χ4v) is 4.32. The van der Waals surface area contributed by atoms with Gasteiger partial charge in [-0.25, -0.2) is 4.98 Å². The van der Waals surface area contributed by atoms with Gasteiger partial charge in [-0.3, -0.25) is 9.48 Å². The lowest BCUT2D eigenvalue weighted by Gasteiger charge is -2.36. The molecule has 33 heavy (non-hydrogen) atoms. The van der Waals surface area contributed by atoms with Crippen LogP contribution >= 0.6 is 0 Å². The Balaban J connectivity index is 1.52. The molecule has 0 bridgehead atoms. The van der Waals surface area contributed by atoms with E-state index in [1.165, 1.54) is 0 Å². The molecule has 2 aromatic heterocycles. The number of hydrogen-bond acceptors (Lipinski definition) is 6. The Morgan fingerprint density at radius 2 is 2.03 bits per heavy atom. The van der Waals surface area contributed by atoms with Crippen LogP contribution in [0.1, 0.15) is 36.9 Å². The van der Waals surface area contributed by atoms with Gasteiger partial charge in [0.05, 0.1) is 30.6 Å². The van der Waals surface area contributed by atoms with Crippen molar-refractivity contribution >= 4 is 17.4 Å². The molecule has 1 aliphatic heterocycles. The summed E-state index contributed by atoms with van der Waals surface area (Å²) in [4.78, 5) is 22.2. The summed E-state index contributed by atoms with van der Waals surface area (Å²) in [5, 5.41) is 13.3. The van der Waals surface area contributed by atoms with Crippen molar-refractivity contribution in [3.63, 3.8) is 0 Å². The van der Waals surface area contributed by atoms with Crippen molar-refractivity contribution in [3.8, 4) is 11.8 Å². The molecule has 1 atom stereocenters. The quantitative estimate of drug-likeness (QED) is 0.576. The molecule has 1 aliphatic rings. The van der Waals surface area contributed by atoms with Gasteiger partial charge in [-0.1, -0.05) is 12.1 Å². The molecule has 1 amide bonds. The number of ether oxygens (including phenoxy) is 1. The monoisotopic (exact) mass is 444 g/mol. The molecule has 0 saturated carbocycles. The minimum Gasteiger partial charge on any atom is -0.497 e. The molecule has 1 fully saturated rings. The Morgan fingerprint density at radius 1 is 1.24 bits per heavy atom. The summed E-state index contributed by atoms with van der Waals surface area (Å²) in [7, 11) is 3.50. The van der Waals surface area contributed by atoms with E-state index in [1.54, 1.807) is 30.3 Å². The lowest BCUT2D eigenvalue weighted by Crippen LogP contribution is -2.44. The largest absolute Gasteiger partial charge is 0.497 e. The molecular formula is C25H28N6O2. The highest BCUT2D eigenvalue weighted by Gasteiger charge is 2.33. The number of rotatable bonds is 6. The van der Waals surface area contributed by atoms with Crippen LogP contribution in [0.5, 0.6) is 5.75 Å². The minimum atomic E-state index is -0.171. The van der Waals surface area contributed by atoms with E-state index in [2.05, 4.69) is 21.1 Å². The SMILES string of the molecule is COc1cccc(C(C)N(C(=O)C2CCN(c3ccc(C#N)cn3)CC2)c2cnn(C)c2)c1. The van der Waals surface area contributed by atoms with Crippen LogP contribution in [0, 0.1) is 17.2 Å². The number of pyridine rings is 1. The molecule has 3 aromatic rings. The van der Waals surface area contributed by atoms with Crippen LogP contribution < -0.4 is 14.5 Å². The second-order valence-corrected chi connectivity index (χ2v) is 8.31. The van der Waals surface area contributed by atoms with Crippen LogP contribution in [-0.4, -0.2) is 40.9 Å². The highest BCUT2D eigenvalue weighted by Crippen LogP contribution is 2.33. The van der Waals surface area contributed by atoms with Crippen molar-refractivity contribution < 1.29 is 9.53 Å². The first kappa shape index (κ1) is 22.3. The van der Waals surface area contributed by atoms with Crippen LogP contribution in [0.3, 0.4) is 0 Å². The first-order valence-electron chi connectivity index (χ1n) is 11.1. The standard InChI is InChI=1S/C25H28N6O2/c1-18(21-5-4-6-23(13-21)33-3)31(22-16-28-29(2)17-22)25(32)20-9-11-30(12-10-20)24-8-7-19(14-26)15-27-24/h4-8,13,15-18,20H,9-12H2,1-3H3. The van der Waals surface area contributed by atoms with E-state index in [0.717, 1.165) is 48.7 Å². The van der Waals surface area contributed by atoms with Crippen LogP contribution in [-0.2, 0) is 11.8 Å². The van der Waals surface area contributed by atoms with Gasteiger partial charge in [-0.05, 0) is 49.6 Å². The molecule has 1 saturated heterocycles. The zero-order chi connectivity index (χ0) is 23.4. The van der Waals surface area contributed by atoms with Crippen LogP contribution in [0.25, 0.3) is 0 Å². The van der Waals surface area contributed by atoms with Gasteiger partial charge < -0.3 is 14.5 Å². The third-order valence-electron chi connectivity index (χ3n) is 6.22. The van der Waals surface area contributed by atoms with Gasteiger partial charge in [0.1, 0.15) is 17.6 Å². The van der Waals surface area contributed by atoms with Crippen LogP contribution in [0.2, 0.25) is 0 Å². The van der Waals surface area contributed by atoms with Crippen molar-refractivity contribution in [3.05, 3.63) is 66.1 Å². The number of amides is 1. The van der Waals surface area contributed by atoms with Crippen molar-refractivity contribution in [1.29, 1.82) is 5.26 Å². The zero-order valence-electron chi connectivity index (χ0n) is 19.2. The molecule has 8 heteroatoms. The summed E-state index contributed by atoms with van der Waals surface area (Å²) >= 11 is 0. The molecule has 1 aromatic carbocycles. The number of methoxy groups -OCH3 is 1. The minimum absolute atomic E-state index is 0.0899. The fourth-order valence-electron chi connectivity index (χ4n) is 4.32. The normalized spacial score (nSPS) is 15.0. The number of benzene rings is 1. The van der Waals surface area contributed by atoms with Gasteiger partial charge in [-0.2, -0.15) is 10.4 Å². The molecule has 0 radical (unpaired) electrons. The van der Waals surface area contributed by atoms with Gasteiger partial charge >= 0.3 is 0 Å². The van der Waals surface area contributed by atoms with E-state index in [0.29, 0.717) is 5.56 Å². The van der Waals surface area contributed by atoms with Gasteiger partial charge in [-0.15, -0.1) is 0 Å². The first-order valence-corrected chi connectivity index (χ1v) is 11.1. The Morgan fingerprint density at radius 3 is 2.64 bits per heavy atom. The summed E-state index contributed by atoms with van der Waals surface area (Å²) in [6.45, 7) is 3.52. The van der Waals surface area contributed by atoms with E-state index in [9.17, 15) is 4.79 Å². The van der Waals surface area contributed by atoms with E-state index in [1.807, 2.05) is 55.4 Å². The molecule has 0 N–H and O–H groups in total. The van der Waals surface area contributed by atoms with E-state index in [4.69, 9.17) is 10.00 Å². The molecule has 8 nitrogen and oxygen atoms in total. The molecule has 4 rings (SSSR count).